The van der Waals surface area contributed by atoms with E-state index in [0.29, 0.717) is 13.0 Å². The summed E-state index contributed by atoms with van der Waals surface area (Å²) in [5, 5.41) is 10.8. The molecule has 0 fully saturated rings. The predicted molar refractivity (Wildman–Crippen MR) is 47.5 cm³/mol. The standard InChI is InChI=1S/C9H13F3N2/c1-2-3-4-5-14-7-8(6-13)9(10,11)12/h2-3,8,14H,4-5,7H2,1H3/b3-2+. The second-order valence-corrected chi connectivity index (χ2v) is 2.79. The highest BCUT2D eigenvalue weighted by molar-refractivity contribution is 4.90. The van der Waals surface area contributed by atoms with Gasteiger partial charge in [-0.2, -0.15) is 18.4 Å². The van der Waals surface area contributed by atoms with Crippen molar-refractivity contribution in [2.24, 2.45) is 5.92 Å². The first-order valence-electron chi connectivity index (χ1n) is 4.30. The molecule has 1 unspecified atom stereocenters. The van der Waals surface area contributed by atoms with E-state index >= 15 is 0 Å². The van der Waals surface area contributed by atoms with E-state index < -0.39 is 12.1 Å². The molecule has 0 saturated carbocycles. The van der Waals surface area contributed by atoms with Crippen molar-refractivity contribution in [2.45, 2.75) is 19.5 Å². The van der Waals surface area contributed by atoms with E-state index in [0.717, 1.165) is 0 Å². The molecule has 0 aliphatic rings. The zero-order valence-corrected chi connectivity index (χ0v) is 7.93. The largest absolute Gasteiger partial charge is 0.405 e. The maximum atomic E-state index is 12.0. The van der Waals surface area contributed by atoms with Gasteiger partial charge >= 0.3 is 6.18 Å². The van der Waals surface area contributed by atoms with Crippen molar-refractivity contribution in [1.29, 1.82) is 5.26 Å². The maximum absolute atomic E-state index is 12.0. The average Bonchev–Trinajstić information content (AvgIpc) is 2.09. The molecule has 0 heterocycles. The molecule has 0 aromatic carbocycles. The lowest BCUT2D eigenvalue weighted by atomic mass is 10.1. The van der Waals surface area contributed by atoms with Crippen LogP contribution in [0.25, 0.3) is 0 Å². The van der Waals surface area contributed by atoms with Crippen molar-refractivity contribution in [3.05, 3.63) is 12.2 Å². The highest BCUT2D eigenvalue weighted by atomic mass is 19.4. The first kappa shape index (κ1) is 13.0. The molecule has 0 amide bonds. The molecule has 0 spiro atoms. The van der Waals surface area contributed by atoms with Gasteiger partial charge in [0.15, 0.2) is 5.92 Å². The molecule has 2 nitrogen and oxygen atoms in total. The van der Waals surface area contributed by atoms with Gasteiger partial charge in [-0.3, -0.25) is 0 Å². The van der Waals surface area contributed by atoms with Crippen molar-refractivity contribution in [3.63, 3.8) is 0 Å². The number of hydrogen-bond donors (Lipinski definition) is 1. The van der Waals surface area contributed by atoms with Gasteiger partial charge in [0.25, 0.3) is 0 Å². The highest BCUT2D eigenvalue weighted by Crippen LogP contribution is 2.24. The van der Waals surface area contributed by atoms with Crippen LogP contribution >= 0.6 is 0 Å². The van der Waals surface area contributed by atoms with Crippen LogP contribution in [0.15, 0.2) is 12.2 Å². The molecule has 0 aliphatic heterocycles. The number of nitriles is 1. The van der Waals surface area contributed by atoms with Gasteiger partial charge in [0, 0.05) is 6.54 Å². The molecule has 0 saturated heterocycles. The topological polar surface area (TPSA) is 35.8 Å². The Balaban J connectivity index is 3.71. The number of nitrogens with zero attached hydrogens (tertiary/aromatic N) is 1. The van der Waals surface area contributed by atoms with Gasteiger partial charge in [-0.05, 0) is 19.9 Å². The van der Waals surface area contributed by atoms with E-state index in [-0.39, 0.29) is 6.54 Å². The van der Waals surface area contributed by atoms with E-state index in [4.69, 9.17) is 5.26 Å². The Morgan fingerprint density at radius 3 is 2.57 bits per heavy atom. The Morgan fingerprint density at radius 2 is 2.14 bits per heavy atom. The summed E-state index contributed by atoms with van der Waals surface area (Å²) >= 11 is 0. The summed E-state index contributed by atoms with van der Waals surface area (Å²) < 4.78 is 36.1. The lowest BCUT2D eigenvalue weighted by Crippen LogP contribution is -2.32. The molecule has 0 rings (SSSR count). The molecule has 0 aromatic heterocycles. The normalized spacial score (nSPS) is 14.2. The smallest absolute Gasteiger partial charge is 0.315 e. The third-order valence-corrected chi connectivity index (χ3v) is 1.62. The minimum absolute atomic E-state index is 0.336. The number of nitrogens with one attached hydrogen (secondary N) is 1. The number of hydrogen-bond acceptors (Lipinski definition) is 2. The minimum atomic E-state index is -4.43. The van der Waals surface area contributed by atoms with Crippen LogP contribution in [0.5, 0.6) is 0 Å². The third kappa shape index (κ3) is 5.60. The van der Waals surface area contributed by atoms with E-state index in [9.17, 15) is 13.2 Å². The summed E-state index contributed by atoms with van der Waals surface area (Å²) in [6.45, 7) is 1.96. The molecule has 1 N–H and O–H groups in total. The van der Waals surface area contributed by atoms with Crippen LogP contribution in [-0.2, 0) is 0 Å². The van der Waals surface area contributed by atoms with Crippen molar-refractivity contribution in [1.82, 2.24) is 5.32 Å². The summed E-state index contributed by atoms with van der Waals surface area (Å²) in [7, 11) is 0. The molecule has 14 heavy (non-hydrogen) atoms. The second-order valence-electron chi connectivity index (χ2n) is 2.79. The highest BCUT2D eigenvalue weighted by Gasteiger charge is 2.39. The molecule has 0 aromatic rings. The fourth-order valence-electron chi connectivity index (χ4n) is 0.833. The van der Waals surface area contributed by atoms with Crippen molar-refractivity contribution in [2.75, 3.05) is 13.1 Å². The Hall–Kier alpha value is -1.02. The SMILES string of the molecule is C/C=C/CCNCC(C#N)C(F)(F)F. The molecule has 0 bridgehead atoms. The molecular formula is C9H13F3N2. The van der Waals surface area contributed by atoms with Crippen LogP contribution in [0.1, 0.15) is 13.3 Å². The average molecular weight is 206 g/mol. The van der Waals surface area contributed by atoms with Crippen LogP contribution in [0, 0.1) is 17.2 Å². The summed E-state index contributed by atoms with van der Waals surface area (Å²) in [5.74, 6) is -1.91. The third-order valence-electron chi connectivity index (χ3n) is 1.62. The van der Waals surface area contributed by atoms with Gasteiger partial charge in [0.05, 0.1) is 6.07 Å². The van der Waals surface area contributed by atoms with Crippen LogP contribution in [0.3, 0.4) is 0 Å². The number of rotatable bonds is 5. The number of alkyl halides is 3. The fourth-order valence-corrected chi connectivity index (χ4v) is 0.833. The molecule has 80 valence electrons. The van der Waals surface area contributed by atoms with Crippen LogP contribution < -0.4 is 5.32 Å². The molecule has 0 radical (unpaired) electrons. The van der Waals surface area contributed by atoms with Gasteiger partial charge in [0.2, 0.25) is 0 Å². The summed E-state index contributed by atoms with van der Waals surface area (Å²) in [5.41, 5.74) is 0. The van der Waals surface area contributed by atoms with Gasteiger partial charge in [-0.25, -0.2) is 0 Å². The van der Waals surface area contributed by atoms with Crippen LogP contribution in [0.4, 0.5) is 13.2 Å². The number of allylic oxidation sites excluding steroid dienone is 1. The van der Waals surface area contributed by atoms with Crippen molar-refractivity contribution in [3.8, 4) is 6.07 Å². The predicted octanol–water partition coefficient (Wildman–Crippen LogP) is 2.24. The lowest BCUT2D eigenvalue weighted by Gasteiger charge is -2.13. The van der Waals surface area contributed by atoms with Gasteiger partial charge < -0.3 is 5.32 Å². The summed E-state index contributed by atoms with van der Waals surface area (Å²) in [6.07, 6.45) is -0.0793. The Morgan fingerprint density at radius 1 is 1.50 bits per heavy atom. The first-order chi connectivity index (χ1) is 6.52. The van der Waals surface area contributed by atoms with Gasteiger partial charge in [0.1, 0.15) is 0 Å². The summed E-state index contributed by atoms with van der Waals surface area (Å²) in [6, 6.07) is 1.23. The van der Waals surface area contributed by atoms with Gasteiger partial charge in [-0.15, -0.1) is 0 Å². The van der Waals surface area contributed by atoms with E-state index in [1.165, 1.54) is 6.07 Å². The Bertz CT molecular complexity index is 215. The second kappa shape index (κ2) is 6.44. The van der Waals surface area contributed by atoms with E-state index in [1.54, 1.807) is 0 Å². The molecular weight excluding hydrogens is 193 g/mol. The van der Waals surface area contributed by atoms with E-state index in [1.807, 2.05) is 19.1 Å². The van der Waals surface area contributed by atoms with Crippen molar-refractivity contribution < 1.29 is 13.2 Å². The molecule has 5 heteroatoms. The quantitative estimate of drug-likeness (QED) is 0.553. The lowest BCUT2D eigenvalue weighted by molar-refractivity contribution is -0.157. The van der Waals surface area contributed by atoms with Crippen LogP contribution in [0.2, 0.25) is 0 Å². The fraction of sp³-hybridized carbons (Fsp3) is 0.667. The molecule has 0 aliphatic carbocycles. The first-order valence-corrected chi connectivity index (χ1v) is 4.30. The summed E-state index contributed by atoms with van der Waals surface area (Å²) in [4.78, 5) is 0. The molecule has 1 atom stereocenters. The monoisotopic (exact) mass is 206 g/mol. The number of halogens is 3. The Kier molecular flexibility index (Phi) is 5.97. The van der Waals surface area contributed by atoms with Crippen molar-refractivity contribution >= 4 is 0 Å². The zero-order chi connectivity index (χ0) is 11.0. The Labute approximate surface area is 81.4 Å². The van der Waals surface area contributed by atoms with Gasteiger partial charge in [-0.1, -0.05) is 12.2 Å². The minimum Gasteiger partial charge on any atom is -0.315 e. The maximum Gasteiger partial charge on any atom is 0.405 e. The zero-order valence-electron chi connectivity index (χ0n) is 7.93. The van der Waals surface area contributed by atoms with E-state index in [2.05, 4.69) is 5.32 Å². The van der Waals surface area contributed by atoms with Crippen LogP contribution in [-0.4, -0.2) is 19.3 Å².